The average molecular weight is 264 g/mol. The topological polar surface area (TPSA) is 33.0 Å². The monoisotopic (exact) mass is 263 g/mol. The van der Waals surface area contributed by atoms with Crippen LogP contribution in [0.4, 0.5) is 0 Å². The van der Waals surface area contributed by atoms with Crippen LogP contribution in [0.5, 0.6) is 5.75 Å². The van der Waals surface area contributed by atoms with E-state index in [9.17, 15) is 0 Å². The van der Waals surface area contributed by atoms with Crippen molar-refractivity contribution in [3.63, 3.8) is 0 Å². The molecule has 1 aromatic heterocycles. The first-order chi connectivity index (χ1) is 8.13. The van der Waals surface area contributed by atoms with Crippen LogP contribution in [0.25, 0.3) is 10.4 Å². The Labute approximate surface area is 109 Å². The molecule has 2 nitrogen and oxygen atoms in total. The maximum absolute atomic E-state index is 8.96. The predicted octanol–water partition coefficient (Wildman–Crippen LogP) is 4.26. The van der Waals surface area contributed by atoms with Crippen molar-refractivity contribution in [3.05, 3.63) is 39.7 Å². The summed E-state index contributed by atoms with van der Waals surface area (Å²) in [5.41, 5.74) is 1.54. The van der Waals surface area contributed by atoms with Crippen LogP contribution in [-0.4, -0.2) is 7.11 Å². The molecule has 0 bridgehead atoms. The molecule has 2 rings (SSSR count). The second kappa shape index (κ2) is 4.79. The highest BCUT2D eigenvalue weighted by Crippen LogP contribution is 2.35. The molecule has 17 heavy (non-hydrogen) atoms. The summed E-state index contributed by atoms with van der Waals surface area (Å²) < 4.78 is 5.18. The van der Waals surface area contributed by atoms with E-state index in [2.05, 4.69) is 6.07 Å². The molecule has 1 aromatic carbocycles. The minimum atomic E-state index is 0.585. The second-order valence-corrected chi connectivity index (χ2v) is 5.24. The number of thiophene rings is 1. The molecule has 0 fully saturated rings. The van der Waals surface area contributed by atoms with Crippen LogP contribution in [0.1, 0.15) is 10.4 Å². The highest BCUT2D eigenvalue weighted by atomic mass is 35.5. The number of halogens is 1. The fourth-order valence-electron chi connectivity index (χ4n) is 1.53. The summed E-state index contributed by atoms with van der Waals surface area (Å²) in [5.74, 6) is 0.682. The molecule has 4 heteroatoms. The van der Waals surface area contributed by atoms with Crippen LogP contribution >= 0.6 is 22.9 Å². The van der Waals surface area contributed by atoms with Crippen molar-refractivity contribution in [3.8, 4) is 22.3 Å². The van der Waals surface area contributed by atoms with E-state index in [0.29, 0.717) is 11.3 Å². The number of hydrogen-bond acceptors (Lipinski definition) is 3. The fourth-order valence-corrected chi connectivity index (χ4v) is 2.71. The van der Waals surface area contributed by atoms with Gasteiger partial charge in [-0.2, -0.15) is 5.26 Å². The molecular formula is C13H10ClNOS. The number of aryl methyl sites for hydroxylation is 1. The molecule has 1 heterocycles. The summed E-state index contributed by atoms with van der Waals surface area (Å²) in [7, 11) is 1.59. The zero-order chi connectivity index (χ0) is 12.4. The Bertz CT molecular complexity index is 578. The van der Waals surface area contributed by atoms with Crippen LogP contribution in [-0.2, 0) is 0 Å². The lowest BCUT2D eigenvalue weighted by Crippen LogP contribution is -1.85. The summed E-state index contributed by atoms with van der Waals surface area (Å²) in [6, 6.07) is 9.50. The van der Waals surface area contributed by atoms with Gasteiger partial charge in [-0.05, 0) is 36.8 Å². The van der Waals surface area contributed by atoms with Crippen LogP contribution in [0.15, 0.2) is 24.3 Å². The van der Waals surface area contributed by atoms with E-state index >= 15 is 0 Å². The Morgan fingerprint density at radius 1 is 1.29 bits per heavy atom. The number of nitrogens with zero attached hydrogens (tertiary/aromatic N) is 1. The maximum Gasteiger partial charge on any atom is 0.120 e. The van der Waals surface area contributed by atoms with Gasteiger partial charge in [-0.1, -0.05) is 11.6 Å². The van der Waals surface area contributed by atoms with Gasteiger partial charge in [-0.3, -0.25) is 0 Å². The minimum absolute atomic E-state index is 0.585. The van der Waals surface area contributed by atoms with Gasteiger partial charge in [0.25, 0.3) is 0 Å². The summed E-state index contributed by atoms with van der Waals surface area (Å²) >= 11 is 7.65. The quantitative estimate of drug-likeness (QED) is 0.811. The van der Waals surface area contributed by atoms with Crippen molar-refractivity contribution < 1.29 is 4.74 Å². The lowest BCUT2D eigenvalue weighted by molar-refractivity contribution is 0.415. The maximum atomic E-state index is 8.96. The first-order valence-electron chi connectivity index (χ1n) is 4.99. The molecule has 0 N–H and O–H groups in total. The third-order valence-corrected chi connectivity index (χ3v) is 4.02. The molecule has 0 spiro atoms. The largest absolute Gasteiger partial charge is 0.497 e. The van der Waals surface area contributed by atoms with Crippen molar-refractivity contribution >= 4 is 22.9 Å². The molecule has 0 saturated carbocycles. The molecule has 0 unspecified atom stereocenters. The molecule has 0 saturated heterocycles. The average Bonchev–Trinajstić information content (AvgIpc) is 2.69. The van der Waals surface area contributed by atoms with Gasteiger partial charge >= 0.3 is 0 Å². The van der Waals surface area contributed by atoms with Gasteiger partial charge in [-0.25, -0.2) is 0 Å². The Morgan fingerprint density at radius 3 is 2.59 bits per heavy atom. The van der Waals surface area contributed by atoms with Crippen molar-refractivity contribution in [1.29, 1.82) is 5.26 Å². The van der Waals surface area contributed by atoms with Gasteiger partial charge < -0.3 is 4.74 Å². The molecule has 86 valence electrons. The van der Waals surface area contributed by atoms with Gasteiger partial charge in [0.2, 0.25) is 0 Å². The van der Waals surface area contributed by atoms with Crippen LogP contribution in [0.2, 0.25) is 5.02 Å². The van der Waals surface area contributed by atoms with E-state index in [1.54, 1.807) is 24.5 Å². The number of ether oxygens (including phenoxy) is 1. The van der Waals surface area contributed by atoms with Gasteiger partial charge in [0, 0.05) is 9.75 Å². The van der Waals surface area contributed by atoms with E-state index in [4.69, 9.17) is 21.6 Å². The van der Waals surface area contributed by atoms with Crippen LogP contribution < -0.4 is 4.74 Å². The fraction of sp³-hybridized carbons (Fsp3) is 0.154. The normalized spacial score (nSPS) is 10.0. The van der Waals surface area contributed by atoms with Gasteiger partial charge in [-0.15, -0.1) is 11.3 Å². The molecule has 0 aliphatic heterocycles. The van der Waals surface area contributed by atoms with Crippen molar-refractivity contribution in [2.45, 2.75) is 6.92 Å². The SMILES string of the molecule is COc1cc(C#N)cc(-c2cc(Cl)c(C)s2)c1. The lowest BCUT2D eigenvalue weighted by atomic mass is 10.1. The Hall–Kier alpha value is -1.50. The van der Waals surface area contributed by atoms with E-state index in [1.807, 2.05) is 25.1 Å². The third-order valence-electron chi connectivity index (χ3n) is 2.41. The lowest BCUT2D eigenvalue weighted by Gasteiger charge is -2.03. The number of nitriles is 1. The van der Waals surface area contributed by atoms with E-state index in [0.717, 1.165) is 20.3 Å². The highest BCUT2D eigenvalue weighted by molar-refractivity contribution is 7.16. The van der Waals surface area contributed by atoms with Gasteiger partial charge in [0.15, 0.2) is 0 Å². The van der Waals surface area contributed by atoms with E-state index in [1.165, 1.54) is 0 Å². The van der Waals surface area contributed by atoms with Gasteiger partial charge in [0.05, 0.1) is 23.8 Å². The van der Waals surface area contributed by atoms with Crippen molar-refractivity contribution in [2.24, 2.45) is 0 Å². The molecular weight excluding hydrogens is 254 g/mol. The van der Waals surface area contributed by atoms with Crippen molar-refractivity contribution in [1.82, 2.24) is 0 Å². The standard InChI is InChI=1S/C13H10ClNOS/c1-8-12(14)6-13(17-8)10-3-9(7-15)4-11(5-10)16-2/h3-6H,1-2H3. The molecule has 0 aliphatic carbocycles. The Morgan fingerprint density at radius 2 is 2.06 bits per heavy atom. The van der Waals surface area contributed by atoms with Crippen LogP contribution in [0, 0.1) is 18.3 Å². The number of benzene rings is 1. The highest BCUT2D eigenvalue weighted by Gasteiger charge is 2.08. The molecule has 2 aromatic rings. The first kappa shape index (κ1) is 12.0. The summed E-state index contributed by atoms with van der Waals surface area (Å²) in [4.78, 5) is 2.12. The van der Waals surface area contributed by atoms with E-state index < -0.39 is 0 Å². The second-order valence-electron chi connectivity index (χ2n) is 3.58. The number of hydrogen-bond donors (Lipinski definition) is 0. The summed E-state index contributed by atoms with van der Waals surface area (Å²) in [6.45, 7) is 1.97. The molecule has 0 aliphatic rings. The Balaban J connectivity index is 2.55. The molecule has 0 radical (unpaired) electrons. The first-order valence-corrected chi connectivity index (χ1v) is 6.19. The zero-order valence-corrected chi connectivity index (χ0v) is 11.0. The summed E-state index contributed by atoms with van der Waals surface area (Å²) in [5, 5.41) is 9.72. The Kier molecular flexibility index (Phi) is 3.37. The smallest absolute Gasteiger partial charge is 0.120 e. The molecule has 0 amide bonds. The predicted molar refractivity (Wildman–Crippen MR) is 70.8 cm³/mol. The van der Waals surface area contributed by atoms with E-state index in [-0.39, 0.29) is 0 Å². The van der Waals surface area contributed by atoms with Crippen LogP contribution in [0.3, 0.4) is 0 Å². The minimum Gasteiger partial charge on any atom is -0.497 e. The molecule has 0 atom stereocenters. The number of rotatable bonds is 2. The van der Waals surface area contributed by atoms with Crippen molar-refractivity contribution in [2.75, 3.05) is 7.11 Å². The third kappa shape index (κ3) is 2.44. The van der Waals surface area contributed by atoms with Gasteiger partial charge in [0.1, 0.15) is 5.75 Å². The summed E-state index contributed by atoms with van der Waals surface area (Å²) in [6.07, 6.45) is 0. The zero-order valence-electron chi connectivity index (χ0n) is 9.45. The number of methoxy groups -OCH3 is 1.